The number of carboxylic acid groups (broad SMARTS) is 1. The van der Waals surface area contributed by atoms with Crippen LogP contribution in [-0.2, 0) is 9.59 Å². The number of amides is 2. The van der Waals surface area contributed by atoms with Gasteiger partial charge in [-0.25, -0.2) is 0 Å². The maximum Gasteiger partial charge on any atom is 0.305 e. The third-order valence-electron chi connectivity index (χ3n) is 3.83. The van der Waals surface area contributed by atoms with Crippen LogP contribution in [0, 0.1) is 0 Å². The highest BCUT2D eigenvalue weighted by Gasteiger charge is 2.13. The Labute approximate surface area is 162 Å². The highest BCUT2D eigenvalue weighted by molar-refractivity contribution is 5.94. The highest BCUT2D eigenvalue weighted by Crippen LogP contribution is 2.17. The Morgan fingerprint density at radius 1 is 1.07 bits per heavy atom. The van der Waals surface area contributed by atoms with Gasteiger partial charge in [-0.05, 0) is 36.4 Å². The summed E-state index contributed by atoms with van der Waals surface area (Å²) in [4.78, 5) is 36.1. The van der Waals surface area contributed by atoms with Gasteiger partial charge in [0.15, 0.2) is 6.61 Å². The summed E-state index contributed by atoms with van der Waals surface area (Å²) in [7, 11) is 3.08. The molecule has 2 amide bonds. The lowest BCUT2D eigenvalue weighted by molar-refractivity contribution is -0.137. The third-order valence-corrected chi connectivity index (χ3v) is 3.83. The minimum absolute atomic E-state index is 0.119. The van der Waals surface area contributed by atoms with Crippen LogP contribution in [0.3, 0.4) is 0 Å². The Kier molecular flexibility index (Phi) is 7.38. The molecule has 0 saturated heterocycles. The standard InChI is InChI=1S/C20H22N2O6/c1-22(11-10-19(24)25)20(26)14-6-8-16(9-7-14)28-13-18(23)21-15-4-3-5-17(12-15)27-2/h3-9,12H,10-11,13H2,1-2H3,(H,21,23)(H,24,25). The quantitative estimate of drug-likeness (QED) is 0.685. The molecule has 0 unspecified atom stereocenters. The van der Waals surface area contributed by atoms with Crippen LogP contribution < -0.4 is 14.8 Å². The van der Waals surface area contributed by atoms with Gasteiger partial charge in [0.25, 0.3) is 11.8 Å². The van der Waals surface area contributed by atoms with Crippen molar-refractivity contribution in [2.45, 2.75) is 6.42 Å². The number of hydrogen-bond donors (Lipinski definition) is 2. The number of benzene rings is 2. The average Bonchev–Trinajstić information content (AvgIpc) is 2.70. The number of hydrogen-bond acceptors (Lipinski definition) is 5. The van der Waals surface area contributed by atoms with Gasteiger partial charge in [0.2, 0.25) is 0 Å². The molecule has 2 rings (SSSR count). The molecule has 148 valence electrons. The SMILES string of the molecule is COc1cccc(NC(=O)COc2ccc(C(=O)N(C)CCC(=O)O)cc2)c1. The van der Waals surface area contributed by atoms with Crippen LogP contribution in [0.5, 0.6) is 11.5 Å². The first-order valence-corrected chi connectivity index (χ1v) is 8.53. The molecule has 2 aromatic rings. The molecule has 0 saturated carbocycles. The molecular formula is C20H22N2O6. The van der Waals surface area contributed by atoms with Crippen LogP contribution in [0.2, 0.25) is 0 Å². The molecule has 0 spiro atoms. The summed E-state index contributed by atoms with van der Waals surface area (Å²) in [6, 6.07) is 13.3. The van der Waals surface area contributed by atoms with Gasteiger partial charge in [-0.3, -0.25) is 14.4 Å². The van der Waals surface area contributed by atoms with E-state index in [0.29, 0.717) is 22.7 Å². The van der Waals surface area contributed by atoms with Crippen molar-refractivity contribution in [1.29, 1.82) is 0 Å². The van der Waals surface area contributed by atoms with Gasteiger partial charge in [-0.1, -0.05) is 6.07 Å². The first-order valence-electron chi connectivity index (χ1n) is 8.53. The maximum absolute atomic E-state index is 12.2. The largest absolute Gasteiger partial charge is 0.497 e. The van der Waals surface area contributed by atoms with Crippen molar-refractivity contribution < 1.29 is 29.0 Å². The Hall–Kier alpha value is -3.55. The van der Waals surface area contributed by atoms with Gasteiger partial charge >= 0.3 is 5.97 Å². The van der Waals surface area contributed by atoms with E-state index in [-0.39, 0.29) is 31.4 Å². The summed E-state index contributed by atoms with van der Waals surface area (Å²) in [6.45, 7) is -0.0696. The zero-order valence-corrected chi connectivity index (χ0v) is 15.7. The number of anilines is 1. The summed E-state index contributed by atoms with van der Waals surface area (Å²) < 4.78 is 10.5. The zero-order valence-electron chi connectivity index (χ0n) is 15.7. The van der Waals surface area contributed by atoms with Crippen LogP contribution in [0.4, 0.5) is 5.69 Å². The number of carbonyl (C=O) groups is 3. The Balaban J connectivity index is 1.85. The molecule has 0 aromatic heterocycles. The van der Waals surface area contributed by atoms with E-state index in [1.807, 2.05) is 0 Å². The summed E-state index contributed by atoms with van der Waals surface area (Å²) in [5.41, 5.74) is 0.999. The van der Waals surface area contributed by atoms with E-state index in [1.165, 1.54) is 4.90 Å². The predicted octanol–water partition coefficient (Wildman–Crippen LogP) is 2.26. The van der Waals surface area contributed by atoms with E-state index in [9.17, 15) is 14.4 Å². The summed E-state index contributed by atoms with van der Waals surface area (Å²) in [5, 5.41) is 11.4. The van der Waals surface area contributed by atoms with Gasteiger partial charge in [0.1, 0.15) is 11.5 Å². The number of aliphatic carboxylic acids is 1. The van der Waals surface area contributed by atoms with Gasteiger partial charge < -0.3 is 24.8 Å². The molecule has 28 heavy (non-hydrogen) atoms. The summed E-state index contributed by atoms with van der Waals surface area (Å²) in [6.07, 6.45) is -0.119. The second kappa shape index (κ2) is 9.96. The van der Waals surface area contributed by atoms with Crippen molar-refractivity contribution in [3.05, 3.63) is 54.1 Å². The zero-order chi connectivity index (χ0) is 20.5. The van der Waals surface area contributed by atoms with E-state index >= 15 is 0 Å². The molecule has 0 aliphatic rings. The Morgan fingerprint density at radius 3 is 2.43 bits per heavy atom. The first kappa shape index (κ1) is 20.8. The average molecular weight is 386 g/mol. The third kappa shape index (κ3) is 6.31. The van der Waals surface area contributed by atoms with Crippen LogP contribution >= 0.6 is 0 Å². The number of rotatable bonds is 9. The van der Waals surface area contributed by atoms with Crippen molar-refractivity contribution in [2.24, 2.45) is 0 Å². The monoisotopic (exact) mass is 386 g/mol. The molecule has 0 aliphatic heterocycles. The Morgan fingerprint density at radius 2 is 1.79 bits per heavy atom. The number of ether oxygens (including phenoxy) is 2. The van der Waals surface area contributed by atoms with Crippen molar-refractivity contribution >= 4 is 23.5 Å². The summed E-state index contributed by atoms with van der Waals surface area (Å²) in [5.74, 6) is -0.515. The summed E-state index contributed by atoms with van der Waals surface area (Å²) >= 11 is 0. The fraction of sp³-hybridized carbons (Fsp3) is 0.250. The molecule has 2 N–H and O–H groups in total. The predicted molar refractivity (Wildman–Crippen MR) is 103 cm³/mol. The van der Waals surface area contributed by atoms with Crippen molar-refractivity contribution in [1.82, 2.24) is 4.90 Å². The minimum atomic E-state index is -0.962. The van der Waals surface area contributed by atoms with Crippen LogP contribution in [0.1, 0.15) is 16.8 Å². The molecule has 0 fully saturated rings. The molecule has 2 aromatic carbocycles. The molecule has 8 heteroatoms. The lowest BCUT2D eigenvalue weighted by atomic mass is 10.2. The second-order valence-electron chi connectivity index (χ2n) is 5.96. The normalized spacial score (nSPS) is 10.1. The maximum atomic E-state index is 12.2. The van der Waals surface area contributed by atoms with Crippen LogP contribution in [-0.4, -0.2) is 55.1 Å². The molecule has 8 nitrogen and oxygen atoms in total. The lowest BCUT2D eigenvalue weighted by Crippen LogP contribution is -2.29. The van der Waals surface area contributed by atoms with Crippen LogP contribution in [0.15, 0.2) is 48.5 Å². The van der Waals surface area contributed by atoms with E-state index in [4.69, 9.17) is 14.6 Å². The highest BCUT2D eigenvalue weighted by atomic mass is 16.5. The fourth-order valence-corrected chi connectivity index (χ4v) is 2.33. The van der Waals surface area contributed by atoms with Gasteiger partial charge in [0.05, 0.1) is 13.5 Å². The van der Waals surface area contributed by atoms with E-state index in [1.54, 1.807) is 62.7 Å². The molecule has 0 bridgehead atoms. The van der Waals surface area contributed by atoms with Crippen molar-refractivity contribution in [3.8, 4) is 11.5 Å². The Bertz CT molecular complexity index is 835. The second-order valence-corrected chi connectivity index (χ2v) is 5.96. The number of nitrogens with zero attached hydrogens (tertiary/aromatic N) is 1. The fourth-order valence-electron chi connectivity index (χ4n) is 2.33. The van der Waals surface area contributed by atoms with Crippen molar-refractivity contribution in [3.63, 3.8) is 0 Å². The van der Waals surface area contributed by atoms with E-state index in [2.05, 4.69) is 5.32 Å². The smallest absolute Gasteiger partial charge is 0.305 e. The minimum Gasteiger partial charge on any atom is -0.497 e. The molecule has 0 radical (unpaired) electrons. The number of carboxylic acids is 1. The molecule has 0 atom stereocenters. The molecule has 0 heterocycles. The van der Waals surface area contributed by atoms with Gasteiger partial charge in [0, 0.05) is 30.9 Å². The topological polar surface area (TPSA) is 105 Å². The number of methoxy groups -OCH3 is 1. The van der Waals surface area contributed by atoms with Gasteiger partial charge in [-0.2, -0.15) is 0 Å². The number of nitrogens with one attached hydrogen (secondary N) is 1. The molecular weight excluding hydrogens is 364 g/mol. The molecule has 0 aliphatic carbocycles. The first-order chi connectivity index (χ1) is 13.4. The van der Waals surface area contributed by atoms with Crippen LogP contribution in [0.25, 0.3) is 0 Å². The van der Waals surface area contributed by atoms with E-state index < -0.39 is 5.97 Å². The lowest BCUT2D eigenvalue weighted by Gasteiger charge is -2.16. The van der Waals surface area contributed by atoms with Crippen molar-refractivity contribution in [2.75, 3.05) is 32.6 Å². The number of carbonyl (C=O) groups excluding carboxylic acids is 2. The van der Waals surface area contributed by atoms with E-state index in [0.717, 1.165) is 0 Å². The van der Waals surface area contributed by atoms with Gasteiger partial charge in [-0.15, -0.1) is 0 Å².